The number of carbonyl (C=O) groups is 1. The zero-order valence-corrected chi connectivity index (χ0v) is 10.3. The van der Waals surface area contributed by atoms with Crippen molar-refractivity contribution in [2.24, 2.45) is 0 Å². The Bertz CT molecular complexity index is 777. The van der Waals surface area contributed by atoms with Crippen molar-refractivity contribution in [2.75, 3.05) is 0 Å². The van der Waals surface area contributed by atoms with Gasteiger partial charge in [0.15, 0.2) is 11.4 Å². The lowest BCUT2D eigenvalue weighted by atomic mass is 10.2. The van der Waals surface area contributed by atoms with E-state index >= 15 is 0 Å². The van der Waals surface area contributed by atoms with Gasteiger partial charge in [-0.2, -0.15) is 0 Å². The average molecular weight is 271 g/mol. The van der Waals surface area contributed by atoms with E-state index in [9.17, 15) is 14.3 Å². The number of aromatic amines is 1. The third kappa shape index (κ3) is 2.09. The van der Waals surface area contributed by atoms with E-state index in [-0.39, 0.29) is 17.3 Å². The second kappa shape index (κ2) is 4.70. The third-order valence-corrected chi connectivity index (χ3v) is 2.91. The van der Waals surface area contributed by atoms with Crippen molar-refractivity contribution in [3.8, 4) is 11.5 Å². The molecule has 1 heterocycles. The van der Waals surface area contributed by atoms with Gasteiger partial charge in [0, 0.05) is 10.9 Å². The fraction of sp³-hybridized carbons (Fsp3) is 0. The van der Waals surface area contributed by atoms with Crippen LogP contribution in [-0.4, -0.2) is 16.1 Å². The lowest BCUT2D eigenvalue weighted by molar-refractivity contribution is 0.0689. The van der Waals surface area contributed by atoms with Gasteiger partial charge >= 0.3 is 5.97 Å². The predicted molar refractivity (Wildman–Crippen MR) is 71.7 cm³/mol. The second-order valence-electron chi connectivity index (χ2n) is 4.24. The topological polar surface area (TPSA) is 62.3 Å². The second-order valence-corrected chi connectivity index (χ2v) is 4.24. The number of H-pyrrole nitrogens is 1. The van der Waals surface area contributed by atoms with Crippen molar-refractivity contribution in [1.82, 2.24) is 4.98 Å². The van der Waals surface area contributed by atoms with Crippen LogP contribution in [0.25, 0.3) is 10.9 Å². The zero-order valence-electron chi connectivity index (χ0n) is 10.3. The van der Waals surface area contributed by atoms with Gasteiger partial charge in [0.2, 0.25) is 0 Å². The number of halogens is 1. The Morgan fingerprint density at radius 2 is 1.80 bits per heavy atom. The molecule has 0 atom stereocenters. The molecule has 3 aromatic rings. The molecule has 0 aliphatic rings. The number of hydrogen-bond acceptors (Lipinski definition) is 2. The van der Waals surface area contributed by atoms with Gasteiger partial charge in [-0.15, -0.1) is 0 Å². The van der Waals surface area contributed by atoms with Crippen LogP contribution in [-0.2, 0) is 0 Å². The van der Waals surface area contributed by atoms with Crippen molar-refractivity contribution in [1.29, 1.82) is 0 Å². The number of aromatic nitrogens is 1. The first-order chi connectivity index (χ1) is 9.65. The molecule has 5 heteroatoms. The summed E-state index contributed by atoms with van der Waals surface area (Å²) in [6.07, 6.45) is 0. The largest absolute Gasteiger partial charge is 0.476 e. The number of nitrogens with one attached hydrogen (secondary N) is 1. The van der Waals surface area contributed by atoms with E-state index in [0.29, 0.717) is 16.7 Å². The van der Waals surface area contributed by atoms with Crippen LogP contribution in [0.15, 0.2) is 48.5 Å². The van der Waals surface area contributed by atoms with Gasteiger partial charge in [-0.1, -0.05) is 12.1 Å². The highest BCUT2D eigenvalue weighted by Gasteiger charge is 2.18. The molecular formula is C15H10FNO3. The van der Waals surface area contributed by atoms with Gasteiger partial charge in [-0.05, 0) is 36.4 Å². The number of aromatic carboxylic acids is 1. The Morgan fingerprint density at radius 1 is 1.10 bits per heavy atom. The van der Waals surface area contributed by atoms with Crippen molar-refractivity contribution in [3.05, 3.63) is 60.0 Å². The van der Waals surface area contributed by atoms with Gasteiger partial charge in [-0.3, -0.25) is 0 Å². The smallest absolute Gasteiger partial charge is 0.356 e. The molecule has 0 bridgehead atoms. The maximum atomic E-state index is 12.9. The summed E-state index contributed by atoms with van der Waals surface area (Å²) in [4.78, 5) is 14.1. The van der Waals surface area contributed by atoms with Gasteiger partial charge in [0.05, 0.1) is 0 Å². The Kier molecular flexibility index (Phi) is 2.87. The SMILES string of the molecule is O=C(O)c1[nH]c2ccccc2c1Oc1ccc(F)cc1. The highest BCUT2D eigenvalue weighted by atomic mass is 19.1. The summed E-state index contributed by atoms with van der Waals surface area (Å²) in [5.41, 5.74) is 0.637. The van der Waals surface area contributed by atoms with Crippen LogP contribution < -0.4 is 4.74 Å². The van der Waals surface area contributed by atoms with Crippen LogP contribution in [0.5, 0.6) is 11.5 Å². The Morgan fingerprint density at radius 3 is 2.50 bits per heavy atom. The molecule has 2 aromatic carbocycles. The molecule has 0 fully saturated rings. The van der Waals surface area contributed by atoms with Crippen molar-refractivity contribution < 1.29 is 19.0 Å². The highest BCUT2D eigenvalue weighted by Crippen LogP contribution is 2.33. The van der Waals surface area contributed by atoms with Crippen molar-refractivity contribution >= 4 is 16.9 Å². The number of carboxylic acid groups (broad SMARTS) is 1. The van der Waals surface area contributed by atoms with Gasteiger partial charge in [0.1, 0.15) is 11.6 Å². The third-order valence-electron chi connectivity index (χ3n) is 2.91. The summed E-state index contributed by atoms with van der Waals surface area (Å²) in [5.74, 6) is -0.897. The predicted octanol–water partition coefficient (Wildman–Crippen LogP) is 3.80. The number of fused-ring (bicyclic) bond motifs is 1. The monoisotopic (exact) mass is 271 g/mol. The normalized spacial score (nSPS) is 10.7. The molecule has 0 amide bonds. The number of benzene rings is 2. The summed E-state index contributed by atoms with van der Waals surface area (Å²) < 4.78 is 18.5. The molecule has 0 saturated heterocycles. The summed E-state index contributed by atoms with van der Waals surface area (Å²) in [5, 5.41) is 9.88. The van der Waals surface area contributed by atoms with E-state index in [0.717, 1.165) is 0 Å². The lowest BCUT2D eigenvalue weighted by Crippen LogP contribution is -1.99. The van der Waals surface area contributed by atoms with Crippen LogP contribution in [0.3, 0.4) is 0 Å². The van der Waals surface area contributed by atoms with E-state index in [2.05, 4.69) is 4.98 Å². The standard InChI is InChI=1S/C15H10FNO3/c16-9-5-7-10(8-6-9)20-14-11-3-1-2-4-12(11)17-13(14)15(18)19/h1-8,17H,(H,18,19). The maximum Gasteiger partial charge on any atom is 0.356 e. The molecule has 0 radical (unpaired) electrons. The molecule has 0 unspecified atom stereocenters. The van der Waals surface area contributed by atoms with Crippen LogP contribution in [0.4, 0.5) is 4.39 Å². The molecule has 2 N–H and O–H groups in total. The van der Waals surface area contributed by atoms with Crippen LogP contribution in [0.1, 0.15) is 10.5 Å². The first-order valence-corrected chi connectivity index (χ1v) is 5.92. The number of hydrogen-bond donors (Lipinski definition) is 2. The molecule has 100 valence electrons. The minimum atomic E-state index is -1.11. The van der Waals surface area contributed by atoms with Crippen LogP contribution in [0, 0.1) is 5.82 Å². The number of rotatable bonds is 3. The number of para-hydroxylation sites is 1. The van der Waals surface area contributed by atoms with Crippen LogP contribution in [0.2, 0.25) is 0 Å². The van der Waals surface area contributed by atoms with E-state index in [4.69, 9.17) is 4.74 Å². The van der Waals surface area contributed by atoms with Crippen LogP contribution >= 0.6 is 0 Å². The minimum absolute atomic E-state index is 0.0319. The van der Waals surface area contributed by atoms with Gasteiger partial charge < -0.3 is 14.8 Å². The van der Waals surface area contributed by atoms with Crippen molar-refractivity contribution in [2.45, 2.75) is 0 Å². The quantitative estimate of drug-likeness (QED) is 0.761. The fourth-order valence-corrected chi connectivity index (χ4v) is 1.99. The zero-order chi connectivity index (χ0) is 14.1. The molecule has 20 heavy (non-hydrogen) atoms. The summed E-state index contributed by atoms with van der Waals surface area (Å²) in [6.45, 7) is 0. The molecule has 0 saturated carbocycles. The molecule has 3 rings (SSSR count). The Balaban J connectivity index is 2.11. The maximum absolute atomic E-state index is 12.9. The number of ether oxygens (including phenoxy) is 1. The number of carboxylic acids is 1. The Labute approximate surface area is 113 Å². The Hall–Kier alpha value is -2.82. The van der Waals surface area contributed by atoms with Gasteiger partial charge in [-0.25, -0.2) is 9.18 Å². The van der Waals surface area contributed by atoms with E-state index in [1.54, 1.807) is 24.3 Å². The highest BCUT2D eigenvalue weighted by molar-refractivity contribution is 6.00. The lowest BCUT2D eigenvalue weighted by Gasteiger charge is -2.05. The first kappa shape index (κ1) is 12.2. The van der Waals surface area contributed by atoms with E-state index < -0.39 is 5.97 Å². The summed E-state index contributed by atoms with van der Waals surface area (Å²) >= 11 is 0. The minimum Gasteiger partial charge on any atom is -0.476 e. The molecule has 0 aliphatic heterocycles. The molecule has 4 nitrogen and oxygen atoms in total. The average Bonchev–Trinajstić information content (AvgIpc) is 2.81. The van der Waals surface area contributed by atoms with E-state index in [1.807, 2.05) is 0 Å². The molecule has 0 aliphatic carbocycles. The summed E-state index contributed by atoms with van der Waals surface area (Å²) in [7, 11) is 0. The fourth-order valence-electron chi connectivity index (χ4n) is 1.99. The van der Waals surface area contributed by atoms with Crippen molar-refractivity contribution in [3.63, 3.8) is 0 Å². The molecule has 0 spiro atoms. The first-order valence-electron chi connectivity index (χ1n) is 5.92. The molecular weight excluding hydrogens is 261 g/mol. The molecule has 1 aromatic heterocycles. The summed E-state index contributed by atoms with van der Waals surface area (Å²) in [6, 6.07) is 12.5. The van der Waals surface area contributed by atoms with E-state index in [1.165, 1.54) is 24.3 Å². The van der Waals surface area contributed by atoms with Gasteiger partial charge in [0.25, 0.3) is 0 Å².